The summed E-state index contributed by atoms with van der Waals surface area (Å²) in [6.07, 6.45) is 3.26. The molecule has 0 aliphatic heterocycles. The van der Waals surface area contributed by atoms with Gasteiger partial charge in [0.15, 0.2) is 0 Å². The van der Waals surface area contributed by atoms with E-state index in [9.17, 15) is 0 Å². The van der Waals surface area contributed by atoms with Gasteiger partial charge in [0, 0.05) is 11.9 Å². The Kier molecular flexibility index (Phi) is 2.90. The van der Waals surface area contributed by atoms with Gasteiger partial charge in [-0.05, 0) is 23.6 Å². The summed E-state index contributed by atoms with van der Waals surface area (Å²) >= 11 is 0. The molecule has 0 saturated heterocycles. The van der Waals surface area contributed by atoms with Crippen molar-refractivity contribution in [3.05, 3.63) is 30.0 Å². The van der Waals surface area contributed by atoms with Crippen LogP contribution in [-0.2, 0) is 6.54 Å². The van der Waals surface area contributed by atoms with Crippen molar-refractivity contribution in [2.45, 2.75) is 20.4 Å². The molecule has 0 aliphatic carbocycles. The van der Waals surface area contributed by atoms with Gasteiger partial charge in [-0.25, -0.2) is 0 Å². The Balaban J connectivity index is 2.42. The lowest BCUT2D eigenvalue weighted by molar-refractivity contribution is 0.322. The van der Waals surface area contributed by atoms with Crippen LogP contribution in [0.5, 0.6) is 0 Å². The Morgan fingerprint density at radius 2 is 2.31 bits per heavy atom. The van der Waals surface area contributed by atoms with E-state index in [-0.39, 0.29) is 0 Å². The van der Waals surface area contributed by atoms with Gasteiger partial charge in [0.2, 0.25) is 0 Å². The average Bonchev–Trinajstić information content (AvgIpc) is 2.61. The number of benzene rings is 1. The molecule has 0 spiro atoms. The highest BCUT2D eigenvalue weighted by Gasteiger charge is 2.04. The maximum absolute atomic E-state index is 8.46. The zero-order valence-corrected chi connectivity index (χ0v) is 9.46. The van der Waals surface area contributed by atoms with Crippen LogP contribution in [0, 0.1) is 5.92 Å². The zero-order valence-electron chi connectivity index (χ0n) is 9.46. The number of hydrogen-bond acceptors (Lipinski definition) is 3. The van der Waals surface area contributed by atoms with E-state index < -0.39 is 0 Å². The lowest BCUT2D eigenvalue weighted by atomic mass is 10.1. The molecule has 0 aliphatic rings. The van der Waals surface area contributed by atoms with Crippen molar-refractivity contribution < 1.29 is 5.21 Å². The first-order chi connectivity index (χ1) is 7.70. The monoisotopic (exact) mass is 217 g/mol. The molecule has 0 bridgehead atoms. The van der Waals surface area contributed by atoms with Crippen LogP contribution in [0.4, 0.5) is 0 Å². The Bertz CT molecular complexity index is 514. The Morgan fingerprint density at radius 1 is 1.50 bits per heavy atom. The first kappa shape index (κ1) is 10.7. The molecule has 2 rings (SSSR count). The summed E-state index contributed by atoms with van der Waals surface area (Å²) in [5.74, 6) is 0.571. The van der Waals surface area contributed by atoms with Crippen molar-refractivity contribution in [2.24, 2.45) is 11.1 Å². The fourth-order valence-corrected chi connectivity index (χ4v) is 1.74. The molecule has 0 saturated carbocycles. The summed E-state index contributed by atoms with van der Waals surface area (Å²) in [5.41, 5.74) is 1.99. The van der Waals surface area contributed by atoms with Crippen molar-refractivity contribution in [2.75, 3.05) is 0 Å². The summed E-state index contributed by atoms with van der Waals surface area (Å²) in [6, 6.07) is 5.88. The second kappa shape index (κ2) is 4.35. The third kappa shape index (κ3) is 2.05. The number of nitrogens with zero attached hydrogens (tertiary/aromatic N) is 3. The normalized spacial score (nSPS) is 11.9. The molecule has 16 heavy (non-hydrogen) atoms. The fourth-order valence-electron chi connectivity index (χ4n) is 1.74. The van der Waals surface area contributed by atoms with Gasteiger partial charge in [0.1, 0.15) is 0 Å². The molecule has 0 unspecified atom stereocenters. The quantitative estimate of drug-likeness (QED) is 0.488. The van der Waals surface area contributed by atoms with Crippen molar-refractivity contribution >= 4 is 17.1 Å². The Hall–Kier alpha value is -1.84. The molecule has 0 atom stereocenters. The van der Waals surface area contributed by atoms with E-state index in [0.717, 1.165) is 23.0 Å². The second-order valence-corrected chi connectivity index (χ2v) is 4.28. The van der Waals surface area contributed by atoms with E-state index >= 15 is 0 Å². The summed E-state index contributed by atoms with van der Waals surface area (Å²) in [7, 11) is 0. The van der Waals surface area contributed by atoms with E-state index in [1.807, 2.05) is 29.1 Å². The molecule has 1 aromatic carbocycles. The molecule has 4 nitrogen and oxygen atoms in total. The SMILES string of the molecule is CC(C)Cn1ncc2cc(/C=N/O)ccc21. The van der Waals surface area contributed by atoms with Gasteiger partial charge in [0.05, 0.1) is 17.9 Å². The van der Waals surface area contributed by atoms with Crippen LogP contribution in [0.2, 0.25) is 0 Å². The van der Waals surface area contributed by atoms with E-state index in [4.69, 9.17) is 5.21 Å². The molecule has 0 amide bonds. The number of hydrogen-bond donors (Lipinski definition) is 1. The number of fused-ring (bicyclic) bond motifs is 1. The maximum atomic E-state index is 8.46. The fraction of sp³-hybridized carbons (Fsp3) is 0.333. The van der Waals surface area contributed by atoms with Gasteiger partial charge in [0.25, 0.3) is 0 Å². The summed E-state index contributed by atoms with van der Waals surface area (Å²) in [5, 5.41) is 16.9. The first-order valence-corrected chi connectivity index (χ1v) is 5.33. The van der Waals surface area contributed by atoms with Crippen LogP contribution in [0.25, 0.3) is 10.9 Å². The third-order valence-corrected chi connectivity index (χ3v) is 2.41. The summed E-state index contributed by atoms with van der Waals surface area (Å²) in [6.45, 7) is 5.25. The maximum Gasteiger partial charge on any atom is 0.0734 e. The lowest BCUT2D eigenvalue weighted by Crippen LogP contribution is -2.05. The van der Waals surface area contributed by atoms with Gasteiger partial charge < -0.3 is 5.21 Å². The molecule has 1 heterocycles. The number of rotatable bonds is 3. The smallest absolute Gasteiger partial charge is 0.0734 e. The van der Waals surface area contributed by atoms with Crippen molar-refractivity contribution in [3.8, 4) is 0 Å². The zero-order chi connectivity index (χ0) is 11.5. The Labute approximate surface area is 94.2 Å². The largest absolute Gasteiger partial charge is 0.411 e. The van der Waals surface area contributed by atoms with Gasteiger partial charge >= 0.3 is 0 Å². The van der Waals surface area contributed by atoms with Crippen LogP contribution < -0.4 is 0 Å². The van der Waals surface area contributed by atoms with Gasteiger partial charge in [-0.3, -0.25) is 4.68 Å². The van der Waals surface area contributed by atoms with Gasteiger partial charge in [-0.1, -0.05) is 25.1 Å². The molecule has 1 N–H and O–H groups in total. The molecule has 0 fully saturated rings. The number of oxime groups is 1. The second-order valence-electron chi connectivity index (χ2n) is 4.28. The van der Waals surface area contributed by atoms with Gasteiger partial charge in [-0.15, -0.1) is 0 Å². The van der Waals surface area contributed by atoms with Crippen LogP contribution in [0.3, 0.4) is 0 Å². The minimum absolute atomic E-state index is 0.571. The lowest BCUT2D eigenvalue weighted by Gasteiger charge is -2.06. The van der Waals surface area contributed by atoms with Crippen LogP contribution >= 0.6 is 0 Å². The van der Waals surface area contributed by atoms with Crippen LogP contribution in [0.15, 0.2) is 29.6 Å². The highest BCUT2D eigenvalue weighted by Crippen LogP contribution is 2.16. The van der Waals surface area contributed by atoms with Crippen LogP contribution in [0.1, 0.15) is 19.4 Å². The molecular weight excluding hydrogens is 202 g/mol. The third-order valence-electron chi connectivity index (χ3n) is 2.41. The molecular formula is C12H15N3O. The summed E-state index contributed by atoms with van der Waals surface area (Å²) < 4.78 is 2.00. The molecule has 1 aromatic heterocycles. The van der Waals surface area contributed by atoms with E-state index in [0.29, 0.717) is 5.92 Å². The molecule has 84 valence electrons. The van der Waals surface area contributed by atoms with Crippen molar-refractivity contribution in [3.63, 3.8) is 0 Å². The highest BCUT2D eigenvalue weighted by atomic mass is 16.4. The topological polar surface area (TPSA) is 50.4 Å². The predicted molar refractivity (Wildman–Crippen MR) is 64.0 cm³/mol. The van der Waals surface area contributed by atoms with E-state index in [1.54, 1.807) is 0 Å². The highest BCUT2D eigenvalue weighted by molar-refractivity contribution is 5.88. The number of aromatic nitrogens is 2. The van der Waals surface area contributed by atoms with Crippen molar-refractivity contribution in [1.82, 2.24) is 9.78 Å². The van der Waals surface area contributed by atoms with E-state index in [1.165, 1.54) is 6.21 Å². The Morgan fingerprint density at radius 3 is 3.00 bits per heavy atom. The minimum Gasteiger partial charge on any atom is -0.411 e. The van der Waals surface area contributed by atoms with Gasteiger partial charge in [-0.2, -0.15) is 5.10 Å². The average molecular weight is 217 g/mol. The van der Waals surface area contributed by atoms with E-state index in [2.05, 4.69) is 24.1 Å². The molecule has 0 radical (unpaired) electrons. The molecule has 4 heteroatoms. The summed E-state index contributed by atoms with van der Waals surface area (Å²) in [4.78, 5) is 0. The molecule has 2 aromatic rings. The minimum atomic E-state index is 0.571. The standard InChI is InChI=1S/C12H15N3O/c1-9(2)8-15-12-4-3-10(6-14-16)5-11(12)7-13-15/h3-7,9,16H,8H2,1-2H3/b14-6+. The predicted octanol–water partition coefficient (Wildman–Crippen LogP) is 2.50. The van der Waals surface area contributed by atoms with Crippen molar-refractivity contribution in [1.29, 1.82) is 0 Å². The first-order valence-electron chi connectivity index (χ1n) is 5.33. The van der Waals surface area contributed by atoms with Crippen LogP contribution in [-0.4, -0.2) is 21.2 Å².